The summed E-state index contributed by atoms with van der Waals surface area (Å²) < 4.78 is 27.1. The van der Waals surface area contributed by atoms with Gasteiger partial charge >= 0.3 is 0 Å². The summed E-state index contributed by atoms with van der Waals surface area (Å²) in [6, 6.07) is 11.9. The van der Waals surface area contributed by atoms with Crippen molar-refractivity contribution >= 4 is 21.5 Å². The van der Waals surface area contributed by atoms with Crippen molar-refractivity contribution in [1.29, 1.82) is 0 Å². The number of piperidine rings is 1. The number of nitrogens with zero attached hydrogens (tertiary/aromatic N) is 3. The zero-order valence-electron chi connectivity index (χ0n) is 14.3. The summed E-state index contributed by atoms with van der Waals surface area (Å²) in [6.07, 6.45) is 6.65. The summed E-state index contributed by atoms with van der Waals surface area (Å²) in [5.74, 6) is 0.810. The Labute approximate surface area is 149 Å². The molecule has 3 heterocycles. The average molecular weight is 357 g/mol. The van der Waals surface area contributed by atoms with Crippen LogP contribution in [0.1, 0.15) is 31.2 Å². The van der Waals surface area contributed by atoms with Gasteiger partial charge in [0.05, 0.1) is 0 Å². The summed E-state index contributed by atoms with van der Waals surface area (Å²) >= 11 is 0. The first-order valence-electron chi connectivity index (χ1n) is 8.98. The molecule has 0 atom stereocenters. The molecule has 4 rings (SSSR count). The minimum atomic E-state index is -3.42. The molecule has 25 heavy (non-hydrogen) atoms. The van der Waals surface area contributed by atoms with E-state index in [0.717, 1.165) is 44.5 Å². The first-order valence-corrected chi connectivity index (χ1v) is 10.4. The Balaban J connectivity index is 1.61. The second kappa shape index (κ2) is 6.77. The lowest BCUT2D eigenvalue weighted by molar-refractivity contribution is 0.346. The van der Waals surface area contributed by atoms with Gasteiger partial charge in [0, 0.05) is 31.5 Å². The van der Waals surface area contributed by atoms with Crippen LogP contribution in [-0.2, 0) is 16.4 Å². The number of benzene rings is 1. The molecular formula is C19H23N3O2S. The van der Waals surface area contributed by atoms with E-state index in [1.54, 1.807) is 10.4 Å². The highest BCUT2D eigenvalue weighted by Crippen LogP contribution is 2.32. The Morgan fingerprint density at radius 1 is 0.880 bits per heavy atom. The average Bonchev–Trinajstić information content (AvgIpc) is 2.68. The van der Waals surface area contributed by atoms with Gasteiger partial charge in [-0.15, -0.1) is 0 Å². The van der Waals surface area contributed by atoms with Gasteiger partial charge < -0.3 is 4.90 Å². The van der Waals surface area contributed by atoms with E-state index in [9.17, 15) is 8.42 Å². The normalized spacial score (nSPS) is 18.8. The number of hydrogen-bond acceptors (Lipinski definition) is 4. The van der Waals surface area contributed by atoms with Gasteiger partial charge in [-0.05, 0) is 49.4 Å². The van der Waals surface area contributed by atoms with E-state index in [0.29, 0.717) is 18.0 Å². The van der Waals surface area contributed by atoms with E-state index in [2.05, 4.69) is 28.1 Å². The fourth-order valence-corrected chi connectivity index (χ4v) is 5.17. The molecule has 1 fully saturated rings. The van der Waals surface area contributed by atoms with E-state index in [1.165, 1.54) is 17.4 Å². The topological polar surface area (TPSA) is 53.5 Å². The number of rotatable bonds is 3. The van der Waals surface area contributed by atoms with Gasteiger partial charge in [0.15, 0.2) is 0 Å². The fraction of sp³-hybridized carbons (Fsp3) is 0.421. The smallest absolute Gasteiger partial charge is 0.244 e. The van der Waals surface area contributed by atoms with E-state index in [4.69, 9.17) is 0 Å². The second-order valence-electron chi connectivity index (χ2n) is 6.70. The van der Waals surface area contributed by atoms with Gasteiger partial charge in [0.1, 0.15) is 10.7 Å². The van der Waals surface area contributed by atoms with Crippen LogP contribution in [0.25, 0.3) is 0 Å². The number of anilines is 2. The number of aryl methyl sites for hydroxylation is 1. The van der Waals surface area contributed by atoms with Crippen molar-refractivity contribution in [2.24, 2.45) is 0 Å². The minimum Gasteiger partial charge on any atom is -0.326 e. The third kappa shape index (κ3) is 3.16. The maximum Gasteiger partial charge on any atom is 0.244 e. The SMILES string of the molecule is O=S(=O)(c1ccc(N2CCCc3ccccc32)nc1)N1CCCCC1. The number of aromatic nitrogens is 1. The third-order valence-electron chi connectivity index (χ3n) is 5.06. The molecule has 0 bridgehead atoms. The molecular weight excluding hydrogens is 334 g/mol. The molecule has 2 aromatic rings. The van der Waals surface area contributed by atoms with Crippen LogP contribution in [0.3, 0.4) is 0 Å². The van der Waals surface area contributed by atoms with Crippen molar-refractivity contribution in [3.8, 4) is 0 Å². The van der Waals surface area contributed by atoms with Crippen LogP contribution in [0, 0.1) is 0 Å². The molecule has 5 nitrogen and oxygen atoms in total. The largest absolute Gasteiger partial charge is 0.326 e. The minimum absolute atomic E-state index is 0.295. The number of fused-ring (bicyclic) bond motifs is 1. The fourth-order valence-electron chi connectivity index (χ4n) is 3.71. The highest BCUT2D eigenvalue weighted by atomic mass is 32.2. The lowest BCUT2D eigenvalue weighted by Crippen LogP contribution is -2.35. The van der Waals surface area contributed by atoms with Crippen molar-refractivity contribution in [2.75, 3.05) is 24.5 Å². The quantitative estimate of drug-likeness (QED) is 0.845. The van der Waals surface area contributed by atoms with Gasteiger partial charge in [0.2, 0.25) is 10.0 Å². The van der Waals surface area contributed by atoms with E-state index in [1.807, 2.05) is 12.1 Å². The zero-order chi connectivity index (χ0) is 17.3. The third-order valence-corrected chi connectivity index (χ3v) is 6.94. The summed E-state index contributed by atoms with van der Waals surface area (Å²) in [5.41, 5.74) is 2.49. The van der Waals surface area contributed by atoms with E-state index >= 15 is 0 Å². The molecule has 0 radical (unpaired) electrons. The summed E-state index contributed by atoms with van der Waals surface area (Å²) in [4.78, 5) is 6.95. The molecule has 0 amide bonds. The predicted octanol–water partition coefficient (Wildman–Crippen LogP) is 3.34. The van der Waals surface area contributed by atoms with Crippen LogP contribution in [0.15, 0.2) is 47.5 Å². The zero-order valence-corrected chi connectivity index (χ0v) is 15.1. The second-order valence-corrected chi connectivity index (χ2v) is 8.64. The molecule has 1 aromatic carbocycles. The number of para-hydroxylation sites is 1. The molecule has 0 aliphatic carbocycles. The Hall–Kier alpha value is -1.92. The number of pyridine rings is 1. The molecule has 0 N–H and O–H groups in total. The summed E-state index contributed by atoms with van der Waals surface area (Å²) in [7, 11) is -3.42. The standard InChI is InChI=1S/C19H23N3O2S/c23-25(24,21-12-4-1-5-13-21)17-10-11-19(20-15-17)22-14-6-8-16-7-2-3-9-18(16)22/h2-3,7,9-11,15H,1,4-6,8,12-14H2. The first-order chi connectivity index (χ1) is 12.2. The molecule has 0 saturated carbocycles. The number of sulfonamides is 1. The van der Waals surface area contributed by atoms with Gasteiger partial charge in [-0.3, -0.25) is 0 Å². The Bertz CT molecular complexity index is 843. The predicted molar refractivity (Wildman–Crippen MR) is 98.6 cm³/mol. The first kappa shape index (κ1) is 16.5. The summed E-state index contributed by atoms with van der Waals surface area (Å²) in [5, 5.41) is 0. The molecule has 0 spiro atoms. The van der Waals surface area contributed by atoms with Crippen molar-refractivity contribution < 1.29 is 8.42 Å². The monoisotopic (exact) mass is 357 g/mol. The van der Waals surface area contributed by atoms with Crippen molar-refractivity contribution in [3.05, 3.63) is 48.2 Å². The lowest BCUT2D eigenvalue weighted by Gasteiger charge is -2.30. The van der Waals surface area contributed by atoms with Crippen LogP contribution >= 0.6 is 0 Å². The van der Waals surface area contributed by atoms with Crippen molar-refractivity contribution in [2.45, 2.75) is 37.0 Å². The van der Waals surface area contributed by atoms with Crippen LogP contribution in [-0.4, -0.2) is 37.3 Å². The Morgan fingerprint density at radius 3 is 2.44 bits per heavy atom. The van der Waals surface area contributed by atoms with Gasteiger partial charge in [-0.2, -0.15) is 4.31 Å². The van der Waals surface area contributed by atoms with Crippen molar-refractivity contribution in [1.82, 2.24) is 9.29 Å². The van der Waals surface area contributed by atoms with E-state index < -0.39 is 10.0 Å². The Morgan fingerprint density at radius 2 is 1.68 bits per heavy atom. The maximum atomic E-state index is 12.7. The molecule has 132 valence electrons. The highest BCUT2D eigenvalue weighted by Gasteiger charge is 2.26. The van der Waals surface area contributed by atoms with Gasteiger partial charge in [-0.25, -0.2) is 13.4 Å². The van der Waals surface area contributed by atoms with Crippen LogP contribution in [0.5, 0.6) is 0 Å². The molecule has 6 heteroatoms. The molecule has 2 aliphatic heterocycles. The van der Waals surface area contributed by atoms with Crippen molar-refractivity contribution in [3.63, 3.8) is 0 Å². The molecule has 1 aromatic heterocycles. The number of hydrogen-bond donors (Lipinski definition) is 0. The Kier molecular flexibility index (Phi) is 4.48. The van der Waals surface area contributed by atoms with E-state index in [-0.39, 0.29) is 0 Å². The lowest BCUT2D eigenvalue weighted by atomic mass is 10.0. The maximum absolute atomic E-state index is 12.7. The van der Waals surface area contributed by atoms with Crippen LogP contribution in [0.2, 0.25) is 0 Å². The van der Waals surface area contributed by atoms with Gasteiger partial charge in [0.25, 0.3) is 0 Å². The van der Waals surface area contributed by atoms with Gasteiger partial charge in [-0.1, -0.05) is 24.6 Å². The molecule has 0 unspecified atom stereocenters. The molecule has 1 saturated heterocycles. The molecule has 2 aliphatic rings. The highest BCUT2D eigenvalue weighted by molar-refractivity contribution is 7.89. The van der Waals surface area contributed by atoms with Crippen LogP contribution < -0.4 is 4.90 Å². The summed E-state index contributed by atoms with van der Waals surface area (Å²) in [6.45, 7) is 2.13. The van der Waals surface area contributed by atoms with Crippen LogP contribution in [0.4, 0.5) is 11.5 Å².